The zero-order valence-electron chi connectivity index (χ0n) is 29.2. The van der Waals surface area contributed by atoms with Gasteiger partial charge < -0.3 is 11.6 Å². The number of hydrogen-bond donors (Lipinski definition) is 1. The van der Waals surface area contributed by atoms with E-state index in [0.29, 0.717) is 30.0 Å². The van der Waals surface area contributed by atoms with Crippen molar-refractivity contribution in [3.05, 3.63) is 89.9 Å². The summed E-state index contributed by atoms with van der Waals surface area (Å²) < 4.78 is 17.0. The molecule has 0 amide bonds. The molecule has 0 aliphatic heterocycles. The zero-order valence-corrected chi connectivity index (χ0v) is 34.0. The molecular weight excluding hydrogens is 798 g/mol. The molecule has 0 aromatic heterocycles. The first-order valence-corrected chi connectivity index (χ1v) is 17.7. The molecule has 0 atom stereocenters. The molecular formula is C33H47Br3FN4NaO4. The van der Waals surface area contributed by atoms with E-state index in [4.69, 9.17) is 1.37 Å². The molecule has 2 fully saturated rings. The van der Waals surface area contributed by atoms with Gasteiger partial charge in [0, 0.05) is 45.0 Å². The van der Waals surface area contributed by atoms with Crippen LogP contribution in [0, 0.1) is 20.2 Å². The first kappa shape index (κ1) is 42.7. The minimum atomic E-state index is -1.00. The average molecular weight is 846 g/mol. The number of hydrogen-bond acceptors (Lipinski definition) is 6. The molecule has 0 unspecified atom stereocenters. The van der Waals surface area contributed by atoms with E-state index < -0.39 is 7.15 Å². The summed E-state index contributed by atoms with van der Waals surface area (Å²) in [5.41, 5.74) is 3.84. The van der Waals surface area contributed by atoms with Crippen LogP contribution in [-0.2, 0) is 0 Å². The van der Waals surface area contributed by atoms with Gasteiger partial charge >= 0.3 is 29.6 Å². The van der Waals surface area contributed by atoms with Gasteiger partial charge in [0.05, 0.1) is 18.4 Å². The summed E-state index contributed by atoms with van der Waals surface area (Å²) in [4.78, 5) is 23.9. The van der Waals surface area contributed by atoms with Crippen LogP contribution in [-0.4, -0.2) is 41.0 Å². The third kappa shape index (κ3) is 16.7. The normalized spacial score (nSPS) is 14.6. The van der Waals surface area contributed by atoms with Crippen LogP contribution in [0.2, 0.25) is 0 Å². The Kier molecular flexibility index (Phi) is 23.0. The number of halogens is 4. The predicted octanol–water partition coefficient (Wildman–Crippen LogP) is 8.83. The Bertz CT molecular complexity index is 1290. The Hall–Kier alpha value is -1.31. The molecule has 46 heavy (non-hydrogen) atoms. The summed E-state index contributed by atoms with van der Waals surface area (Å²) in [5.74, 6) is 0. The number of nitro groups is 2. The van der Waals surface area contributed by atoms with Gasteiger partial charge in [0.15, 0.2) is 0 Å². The maximum absolute atomic E-state index is 11.4. The van der Waals surface area contributed by atoms with E-state index in [0.717, 1.165) is 45.5 Å². The topological polar surface area (TPSA) is 102 Å². The first-order chi connectivity index (χ1) is 21.8. The summed E-state index contributed by atoms with van der Waals surface area (Å²) in [6, 6.07) is 11.2. The Morgan fingerprint density at radius 3 is 1.85 bits per heavy atom. The van der Waals surface area contributed by atoms with Crippen LogP contribution in [0.5, 0.6) is 0 Å². The molecule has 0 heterocycles. The fourth-order valence-electron chi connectivity index (χ4n) is 5.22. The fraction of sp³-hybridized carbons (Fsp3) is 0.515. The molecule has 1 N–H and O–H groups in total. The molecule has 252 valence electrons. The van der Waals surface area contributed by atoms with Gasteiger partial charge in [0.2, 0.25) is 0 Å². The molecule has 4 rings (SSSR count). The minimum absolute atomic E-state index is 0. The second-order valence-electron chi connectivity index (χ2n) is 11.3. The molecule has 0 bridgehead atoms. The maximum atomic E-state index is 11.4. The van der Waals surface area contributed by atoms with Crippen LogP contribution < -0.4 is 39.8 Å². The van der Waals surface area contributed by atoms with Gasteiger partial charge in [-0.05, 0) is 63.8 Å². The van der Waals surface area contributed by atoms with Crippen LogP contribution in [0.4, 0.5) is 27.1 Å². The smallest absolute Gasteiger partial charge is 1.00 e. The molecule has 0 spiro atoms. The summed E-state index contributed by atoms with van der Waals surface area (Å²) in [7, 11) is -1.00. The number of anilines is 2. The largest absolute Gasteiger partial charge is 1.00 e. The number of rotatable bonds is 9. The van der Waals surface area contributed by atoms with Gasteiger partial charge in [-0.2, -0.15) is 0 Å². The van der Waals surface area contributed by atoms with Gasteiger partial charge in [-0.25, -0.2) is 0 Å². The number of nitrogens with one attached hydrogen (secondary N) is 1. The summed E-state index contributed by atoms with van der Waals surface area (Å²) in [6.45, 7) is 12.2. The fourth-order valence-corrected chi connectivity index (χ4v) is 5.92. The quantitative estimate of drug-likeness (QED) is 0.0891. The van der Waals surface area contributed by atoms with Crippen molar-refractivity contribution in [2.24, 2.45) is 0 Å². The number of nitro benzene ring substituents is 2. The average Bonchev–Trinajstić information content (AvgIpc) is 3.02. The Morgan fingerprint density at radius 2 is 1.39 bits per heavy atom. The van der Waals surface area contributed by atoms with Gasteiger partial charge in [0.25, 0.3) is 11.4 Å². The third-order valence-electron chi connectivity index (χ3n) is 7.25. The number of nitrogens with zero attached hydrogens (tertiary/aromatic N) is 3. The molecule has 8 nitrogen and oxygen atoms in total. The van der Waals surface area contributed by atoms with Crippen LogP contribution in [0.3, 0.4) is 0 Å². The van der Waals surface area contributed by atoms with Crippen LogP contribution in [0.25, 0.3) is 0 Å². The molecule has 2 aromatic carbocycles. The van der Waals surface area contributed by atoms with E-state index in [1.165, 1.54) is 44.1 Å². The van der Waals surface area contributed by atoms with E-state index in [9.17, 15) is 24.6 Å². The Labute approximate surface area is 323 Å². The summed E-state index contributed by atoms with van der Waals surface area (Å²) in [6.07, 6.45) is 11.8. The van der Waals surface area contributed by atoms with Gasteiger partial charge in [-0.1, -0.05) is 111 Å². The van der Waals surface area contributed by atoms with Crippen molar-refractivity contribution in [2.45, 2.75) is 90.1 Å². The third-order valence-corrected chi connectivity index (χ3v) is 9.19. The maximum Gasteiger partial charge on any atom is 1.00 e. The standard InChI is InChI=1S/C16H21BrN2O2.C12H15BrN2O2.C4H7Br.CH3F.Na.H/c1-12(2)11-18(14-6-4-3-5-7-14)15-9-8-13(17)10-16(15)19(20)21;13-9-6-7-11(12(8-9)15(16)17)14-10-4-2-1-3-5-10;1-4(2)3-5;1-2;;/h8-10,14H,1,3-7,11H2,2H3;6-8,10,14H,1-5H2;1,3H2,2H3;1H3;;/q;;;;+1;-1/i;;;1D;;. The van der Waals surface area contributed by atoms with Crippen LogP contribution >= 0.6 is 47.8 Å². The van der Waals surface area contributed by atoms with Crippen molar-refractivity contribution < 1.29 is 46.6 Å². The van der Waals surface area contributed by atoms with Crippen molar-refractivity contribution in [2.75, 3.05) is 29.2 Å². The van der Waals surface area contributed by atoms with E-state index in [2.05, 4.69) is 71.2 Å². The second kappa shape index (κ2) is 24.8. The van der Waals surface area contributed by atoms with E-state index >= 15 is 0 Å². The number of benzene rings is 2. The van der Waals surface area contributed by atoms with Crippen LogP contribution in [0.15, 0.2) is 69.6 Å². The number of allylic oxidation sites excluding steroid dienone is 1. The van der Waals surface area contributed by atoms with Crippen molar-refractivity contribution in [3.8, 4) is 0 Å². The number of alkyl halides is 2. The van der Waals surface area contributed by atoms with Crippen LogP contribution in [0.1, 0.15) is 80.9 Å². The zero-order chi connectivity index (χ0) is 34.6. The van der Waals surface area contributed by atoms with Gasteiger partial charge in [-0.15, -0.1) is 0 Å². The molecule has 0 radical (unpaired) electrons. The van der Waals surface area contributed by atoms with Crippen molar-refractivity contribution >= 4 is 70.5 Å². The van der Waals surface area contributed by atoms with Gasteiger partial charge in [-0.3, -0.25) is 24.6 Å². The first-order valence-electron chi connectivity index (χ1n) is 15.7. The Balaban J connectivity index is 0. The molecule has 2 aliphatic carbocycles. The van der Waals surface area contributed by atoms with Crippen molar-refractivity contribution in [1.82, 2.24) is 0 Å². The molecule has 2 aliphatic rings. The SMILES string of the molecule is C=C(C)CBr.C=C(C)CN(c1ccc(Br)cc1[N+](=O)[O-])C1CCCCC1.O=[N+]([O-])c1cc(Br)ccc1NC1CCCCC1.[2H]CF.[H-].[Na+]. The van der Waals surface area contributed by atoms with E-state index in [-0.39, 0.29) is 52.2 Å². The minimum Gasteiger partial charge on any atom is -1.00 e. The molecule has 2 aromatic rings. The van der Waals surface area contributed by atoms with E-state index in [1.54, 1.807) is 18.2 Å². The summed E-state index contributed by atoms with van der Waals surface area (Å²) >= 11 is 9.79. The van der Waals surface area contributed by atoms with Crippen molar-refractivity contribution in [1.29, 1.82) is 0 Å². The Morgan fingerprint density at radius 1 is 0.935 bits per heavy atom. The monoisotopic (exact) mass is 843 g/mol. The summed E-state index contributed by atoms with van der Waals surface area (Å²) in [5, 5.41) is 26.6. The second-order valence-corrected chi connectivity index (χ2v) is 13.6. The molecule has 2 saturated carbocycles. The molecule has 0 saturated heterocycles. The van der Waals surface area contributed by atoms with E-state index in [1.807, 2.05) is 32.0 Å². The van der Waals surface area contributed by atoms with Gasteiger partial charge in [0.1, 0.15) is 11.4 Å². The van der Waals surface area contributed by atoms with Crippen molar-refractivity contribution in [3.63, 3.8) is 0 Å². The molecule has 13 heteroatoms. The predicted molar refractivity (Wildman–Crippen MR) is 198 cm³/mol.